The van der Waals surface area contributed by atoms with Gasteiger partial charge in [0.15, 0.2) is 0 Å². The van der Waals surface area contributed by atoms with Gasteiger partial charge in [-0.05, 0) is 56.3 Å². The van der Waals surface area contributed by atoms with Gasteiger partial charge in [0.2, 0.25) is 0 Å². The van der Waals surface area contributed by atoms with Crippen molar-refractivity contribution in [3.8, 4) is 5.75 Å². The van der Waals surface area contributed by atoms with Crippen LogP contribution in [0.4, 0.5) is 10.5 Å². The predicted octanol–water partition coefficient (Wildman–Crippen LogP) is 3.78. The summed E-state index contributed by atoms with van der Waals surface area (Å²) in [5, 5.41) is 2.54. The number of nitrogens with one attached hydrogen (secondary N) is 1. The van der Waals surface area contributed by atoms with E-state index < -0.39 is 12.1 Å². The third-order valence-electron chi connectivity index (χ3n) is 2.74. The number of anilines is 1. The number of rotatable bonds is 5. The minimum atomic E-state index is -0.533. The molecule has 0 aliphatic rings. The Bertz CT molecular complexity index is 700. The van der Waals surface area contributed by atoms with E-state index in [0.29, 0.717) is 23.8 Å². The first-order chi connectivity index (χ1) is 11.1. The molecule has 0 aliphatic heterocycles. The van der Waals surface area contributed by atoms with E-state index in [1.54, 1.807) is 43.3 Å². The zero-order valence-electron chi connectivity index (χ0n) is 12.9. The van der Waals surface area contributed by atoms with Crippen molar-refractivity contribution in [1.82, 2.24) is 0 Å². The SMILES string of the molecule is CCOC(=O)Nc1ccc(OC(=O)/C=C/c2ccc(C)o2)cc1. The highest BCUT2D eigenvalue weighted by Crippen LogP contribution is 2.16. The second kappa shape index (κ2) is 7.84. The molecule has 1 aromatic heterocycles. The largest absolute Gasteiger partial charge is 0.462 e. The van der Waals surface area contributed by atoms with Crippen LogP contribution >= 0.6 is 0 Å². The van der Waals surface area contributed by atoms with Crippen LogP contribution in [0, 0.1) is 6.92 Å². The van der Waals surface area contributed by atoms with Gasteiger partial charge in [-0.1, -0.05) is 0 Å². The summed E-state index contributed by atoms with van der Waals surface area (Å²) in [5.41, 5.74) is 0.546. The topological polar surface area (TPSA) is 77.8 Å². The monoisotopic (exact) mass is 315 g/mol. The number of furan rings is 1. The van der Waals surface area contributed by atoms with Crippen molar-refractivity contribution in [2.24, 2.45) is 0 Å². The van der Waals surface area contributed by atoms with E-state index in [2.05, 4.69) is 5.32 Å². The Morgan fingerprint density at radius 2 is 1.91 bits per heavy atom. The number of ether oxygens (including phenoxy) is 2. The summed E-state index contributed by atoms with van der Waals surface area (Å²) in [6, 6.07) is 9.93. The summed E-state index contributed by atoms with van der Waals surface area (Å²) in [4.78, 5) is 23.0. The minimum Gasteiger partial charge on any atom is -0.462 e. The molecule has 0 spiro atoms. The number of esters is 1. The molecule has 0 bridgehead atoms. The summed E-state index contributed by atoms with van der Waals surface area (Å²) >= 11 is 0. The number of hydrogen-bond donors (Lipinski definition) is 1. The Kier molecular flexibility index (Phi) is 5.57. The number of hydrogen-bond acceptors (Lipinski definition) is 5. The van der Waals surface area contributed by atoms with Crippen molar-refractivity contribution in [2.45, 2.75) is 13.8 Å². The average Bonchev–Trinajstić information content (AvgIpc) is 2.93. The fourth-order valence-corrected chi connectivity index (χ4v) is 1.73. The van der Waals surface area contributed by atoms with Gasteiger partial charge in [0.05, 0.1) is 6.61 Å². The van der Waals surface area contributed by atoms with Crippen molar-refractivity contribution < 1.29 is 23.5 Å². The highest BCUT2D eigenvalue weighted by molar-refractivity contribution is 5.88. The maximum absolute atomic E-state index is 11.7. The quantitative estimate of drug-likeness (QED) is 0.516. The fourth-order valence-electron chi connectivity index (χ4n) is 1.73. The van der Waals surface area contributed by atoms with Crippen molar-refractivity contribution in [3.63, 3.8) is 0 Å². The third-order valence-corrected chi connectivity index (χ3v) is 2.74. The lowest BCUT2D eigenvalue weighted by atomic mass is 10.3. The molecule has 0 fully saturated rings. The molecule has 23 heavy (non-hydrogen) atoms. The molecule has 0 radical (unpaired) electrons. The number of benzene rings is 1. The highest BCUT2D eigenvalue weighted by atomic mass is 16.5. The van der Waals surface area contributed by atoms with Gasteiger partial charge in [0.25, 0.3) is 0 Å². The van der Waals surface area contributed by atoms with Gasteiger partial charge in [0, 0.05) is 11.8 Å². The first-order valence-electron chi connectivity index (χ1n) is 7.07. The standard InChI is InChI=1S/C17H17NO5/c1-3-21-17(20)18-13-5-8-15(9-6-13)23-16(19)11-10-14-7-4-12(2)22-14/h4-11H,3H2,1-2H3,(H,18,20)/b11-10+. The molecule has 0 saturated carbocycles. The first-order valence-corrected chi connectivity index (χ1v) is 7.07. The first kappa shape index (κ1) is 16.4. The molecular weight excluding hydrogens is 298 g/mol. The lowest BCUT2D eigenvalue weighted by Crippen LogP contribution is -2.13. The van der Waals surface area contributed by atoms with Crippen LogP contribution in [0.25, 0.3) is 6.08 Å². The number of aryl methyl sites for hydroxylation is 1. The lowest BCUT2D eigenvalue weighted by molar-refractivity contribution is -0.128. The molecule has 120 valence electrons. The minimum absolute atomic E-state index is 0.295. The van der Waals surface area contributed by atoms with Crippen molar-refractivity contribution in [1.29, 1.82) is 0 Å². The van der Waals surface area contributed by atoms with Crippen LogP contribution in [0.15, 0.2) is 46.9 Å². The van der Waals surface area contributed by atoms with Crippen LogP contribution in [0.1, 0.15) is 18.4 Å². The maximum Gasteiger partial charge on any atom is 0.411 e. The molecule has 0 unspecified atom stereocenters. The molecule has 1 heterocycles. The number of amides is 1. The van der Waals surface area contributed by atoms with Gasteiger partial charge in [-0.3, -0.25) is 5.32 Å². The van der Waals surface area contributed by atoms with Gasteiger partial charge in [-0.2, -0.15) is 0 Å². The van der Waals surface area contributed by atoms with Crippen LogP contribution in [-0.4, -0.2) is 18.7 Å². The maximum atomic E-state index is 11.7. The Labute approximate surface area is 133 Å². The van der Waals surface area contributed by atoms with E-state index in [4.69, 9.17) is 13.9 Å². The predicted molar refractivity (Wildman–Crippen MR) is 85.2 cm³/mol. The van der Waals surface area contributed by atoms with E-state index in [1.165, 1.54) is 12.2 Å². The molecule has 1 N–H and O–H groups in total. The van der Waals surface area contributed by atoms with E-state index in [-0.39, 0.29) is 0 Å². The molecule has 0 saturated heterocycles. The van der Waals surface area contributed by atoms with E-state index >= 15 is 0 Å². The van der Waals surface area contributed by atoms with Crippen molar-refractivity contribution >= 4 is 23.8 Å². The van der Waals surface area contributed by atoms with Crippen LogP contribution in [0.3, 0.4) is 0 Å². The second-order valence-corrected chi connectivity index (χ2v) is 4.57. The van der Waals surface area contributed by atoms with Gasteiger partial charge in [-0.15, -0.1) is 0 Å². The van der Waals surface area contributed by atoms with Crippen molar-refractivity contribution in [2.75, 3.05) is 11.9 Å². The average molecular weight is 315 g/mol. The Morgan fingerprint density at radius 3 is 2.52 bits per heavy atom. The van der Waals surface area contributed by atoms with E-state index in [9.17, 15) is 9.59 Å². The van der Waals surface area contributed by atoms with Crippen LogP contribution < -0.4 is 10.1 Å². The molecule has 1 aromatic carbocycles. The molecule has 6 heteroatoms. The molecule has 0 atom stereocenters. The van der Waals surface area contributed by atoms with Crippen LogP contribution in [0.5, 0.6) is 5.75 Å². The smallest absolute Gasteiger partial charge is 0.411 e. The summed E-state index contributed by atoms with van der Waals surface area (Å²) < 4.78 is 15.2. The summed E-state index contributed by atoms with van der Waals surface area (Å²) in [6.45, 7) is 3.84. The summed E-state index contributed by atoms with van der Waals surface area (Å²) in [7, 11) is 0. The Hall–Kier alpha value is -3.02. The Balaban J connectivity index is 1.88. The van der Waals surface area contributed by atoms with E-state index in [0.717, 1.165) is 5.76 Å². The summed E-state index contributed by atoms with van der Waals surface area (Å²) in [6.07, 6.45) is 2.28. The highest BCUT2D eigenvalue weighted by Gasteiger charge is 2.04. The zero-order chi connectivity index (χ0) is 16.7. The number of carbonyl (C=O) groups is 2. The number of carbonyl (C=O) groups excluding carboxylic acids is 2. The normalized spacial score (nSPS) is 10.5. The van der Waals surface area contributed by atoms with Crippen LogP contribution in [0.2, 0.25) is 0 Å². The lowest BCUT2D eigenvalue weighted by Gasteiger charge is -2.06. The molecule has 0 aliphatic carbocycles. The van der Waals surface area contributed by atoms with Gasteiger partial charge < -0.3 is 13.9 Å². The molecule has 1 amide bonds. The van der Waals surface area contributed by atoms with Gasteiger partial charge in [0.1, 0.15) is 17.3 Å². The zero-order valence-corrected chi connectivity index (χ0v) is 12.9. The third kappa shape index (κ3) is 5.35. The van der Waals surface area contributed by atoms with Crippen molar-refractivity contribution in [3.05, 3.63) is 54.0 Å². The molecule has 6 nitrogen and oxygen atoms in total. The second-order valence-electron chi connectivity index (χ2n) is 4.57. The fraction of sp³-hybridized carbons (Fsp3) is 0.176. The Morgan fingerprint density at radius 1 is 1.17 bits per heavy atom. The summed E-state index contributed by atoms with van der Waals surface area (Å²) in [5.74, 6) is 1.19. The van der Waals surface area contributed by atoms with Gasteiger partial charge >= 0.3 is 12.1 Å². The van der Waals surface area contributed by atoms with E-state index in [1.807, 2.05) is 6.92 Å². The molecular formula is C17H17NO5. The van der Waals surface area contributed by atoms with Gasteiger partial charge in [-0.25, -0.2) is 9.59 Å². The van der Waals surface area contributed by atoms with Crippen LogP contribution in [-0.2, 0) is 9.53 Å². The molecule has 2 aromatic rings. The molecule has 2 rings (SSSR count).